The fourth-order valence-corrected chi connectivity index (χ4v) is 12.1. The van der Waals surface area contributed by atoms with Gasteiger partial charge in [0, 0.05) is 30.7 Å². The van der Waals surface area contributed by atoms with Crippen LogP contribution in [0.4, 0.5) is 0 Å². The number of aryl methyl sites for hydroxylation is 6. The van der Waals surface area contributed by atoms with Crippen molar-refractivity contribution in [1.29, 1.82) is 0 Å². The van der Waals surface area contributed by atoms with Gasteiger partial charge in [-0.3, -0.25) is 0 Å². The van der Waals surface area contributed by atoms with Crippen LogP contribution in [-0.2, 0) is 55.3 Å². The Hall–Kier alpha value is -5.90. The van der Waals surface area contributed by atoms with Crippen LogP contribution < -0.4 is 48.5 Å². The number of ether oxygens (including phenoxy) is 9. The first kappa shape index (κ1) is 75.6. The molecule has 0 aliphatic carbocycles. The van der Waals surface area contributed by atoms with Gasteiger partial charge < -0.3 is 49.2 Å². The van der Waals surface area contributed by atoms with Crippen LogP contribution in [0.2, 0.25) is 0 Å². The van der Waals surface area contributed by atoms with Crippen LogP contribution in [0.25, 0.3) is 22.3 Å². The zero-order chi connectivity index (χ0) is 63.3. The molecule has 1 N–H and O–H groups in total. The molecule has 0 aliphatic rings. The van der Waals surface area contributed by atoms with Gasteiger partial charge in [-0.25, -0.2) is 16.8 Å². The van der Waals surface area contributed by atoms with Crippen molar-refractivity contribution in [2.24, 2.45) is 0 Å². The summed E-state index contributed by atoms with van der Waals surface area (Å²) in [6.07, 6.45) is 0. The predicted molar refractivity (Wildman–Crippen MR) is 354 cm³/mol. The number of hydrogen-bond acceptors (Lipinski definition) is 14. The van der Waals surface area contributed by atoms with Crippen LogP contribution in [0.1, 0.15) is 64.5 Å². The molecule has 14 nitrogen and oxygen atoms in total. The van der Waals surface area contributed by atoms with Crippen molar-refractivity contribution < 1.29 is 95.6 Å². The monoisotopic (exact) mass is 1330 g/mol. The van der Waals surface area contributed by atoms with Crippen molar-refractivity contribution in [2.45, 2.75) is 94.3 Å². The van der Waals surface area contributed by atoms with Gasteiger partial charge >= 0.3 is 29.6 Å². The van der Waals surface area contributed by atoms with E-state index in [0.717, 1.165) is 44.7 Å². The van der Waals surface area contributed by atoms with Crippen molar-refractivity contribution in [3.8, 4) is 56.8 Å². The second-order valence-electron chi connectivity index (χ2n) is 20.7. The zero-order valence-electron chi connectivity index (χ0n) is 53.9. The largest absolute Gasteiger partial charge is 1.00 e. The summed E-state index contributed by atoms with van der Waals surface area (Å²) in [4.78, 5) is 0.796. The molecule has 8 aromatic carbocycles. The Morgan fingerprint density at radius 2 is 0.685 bits per heavy atom. The Labute approximate surface area is 560 Å². The minimum Gasteiger partial charge on any atom is -1.00 e. The first-order valence-electron chi connectivity index (χ1n) is 28.3. The van der Waals surface area contributed by atoms with E-state index in [-0.39, 0.29) is 64.6 Å². The molecule has 0 aliphatic heterocycles. The number of aliphatic hydroxyl groups is 1. The number of alkyl halides is 1. The standard InChI is InChI=1S/C35H40O7S.C30H29BrO4S.C5H12O3.CH4.Na.H/c1-24-19-28(20-25(2)27(24)4)29-21-26(3)35(30(22-29)23-41-18-17-40-16-15-38-5)42-32-9-13-34(14-10-32)43(36,37)33-11-7-31(39-6)8-12-33;1-19-14-23(15-20(2)22(19)4)24-16-21(3)30(25(17-24)18-31)35-27-8-12-29(13-9-27)36(32,33)28-10-6-26(34-5)7-11-28;1-7-4-5-8-3-2-6;;;/h7-14,19-22H,15-18,23H2,1-6H3;6-17H,18H2,1-5H3;6H,2-5H2,1H3;1H4;;/q;;;;+1;-1. The topological polar surface area (TPSA) is 172 Å². The molecule has 474 valence electrons. The van der Waals surface area contributed by atoms with Gasteiger partial charge in [0.15, 0.2) is 0 Å². The molecule has 0 bridgehead atoms. The van der Waals surface area contributed by atoms with Gasteiger partial charge in [0.25, 0.3) is 0 Å². The average Bonchev–Trinajstić information content (AvgIpc) is 0.896. The van der Waals surface area contributed by atoms with Crippen LogP contribution in [0.5, 0.6) is 34.5 Å². The first-order chi connectivity index (χ1) is 41.7. The molecule has 8 rings (SSSR count). The number of hydrogen-bond donors (Lipinski definition) is 1. The summed E-state index contributed by atoms with van der Waals surface area (Å²) in [5, 5.41) is 8.83. The van der Waals surface area contributed by atoms with Crippen molar-refractivity contribution in [3.05, 3.63) is 201 Å². The van der Waals surface area contributed by atoms with Gasteiger partial charge in [-0.15, -0.1) is 0 Å². The Balaban J connectivity index is 0.000000411. The van der Waals surface area contributed by atoms with E-state index < -0.39 is 19.7 Å². The van der Waals surface area contributed by atoms with Crippen molar-refractivity contribution in [3.63, 3.8) is 0 Å². The third kappa shape index (κ3) is 21.1. The third-order valence-electron chi connectivity index (χ3n) is 14.5. The van der Waals surface area contributed by atoms with E-state index in [1.54, 1.807) is 106 Å². The average molecular weight is 1330 g/mol. The van der Waals surface area contributed by atoms with E-state index in [0.29, 0.717) is 86.9 Å². The fourth-order valence-electron chi connectivity index (χ4n) is 9.18. The van der Waals surface area contributed by atoms with E-state index in [2.05, 4.69) is 111 Å². The van der Waals surface area contributed by atoms with E-state index >= 15 is 0 Å². The number of rotatable bonds is 26. The molecule has 0 aromatic heterocycles. The Bertz CT molecular complexity index is 3700. The molecule has 89 heavy (non-hydrogen) atoms. The third-order valence-corrected chi connectivity index (χ3v) is 18.7. The summed E-state index contributed by atoms with van der Waals surface area (Å²) in [7, 11) is -0.992. The van der Waals surface area contributed by atoms with Crippen LogP contribution in [0.15, 0.2) is 165 Å². The molecule has 18 heteroatoms. The van der Waals surface area contributed by atoms with Crippen LogP contribution in [0.3, 0.4) is 0 Å². The van der Waals surface area contributed by atoms with Crippen LogP contribution in [-0.4, -0.2) is 103 Å². The molecule has 0 unspecified atom stereocenters. The van der Waals surface area contributed by atoms with E-state index in [1.807, 2.05) is 13.8 Å². The quantitative estimate of drug-likeness (QED) is 0.0308. The Morgan fingerprint density at radius 1 is 0.393 bits per heavy atom. The molecule has 0 amide bonds. The van der Waals surface area contributed by atoms with Gasteiger partial charge in [0.05, 0.1) is 93.3 Å². The number of aliphatic hydroxyl groups excluding tert-OH is 1. The van der Waals surface area contributed by atoms with Crippen molar-refractivity contribution in [1.82, 2.24) is 0 Å². The predicted octanol–water partition coefficient (Wildman–Crippen LogP) is 12.9. The molecule has 0 radical (unpaired) electrons. The maximum absolute atomic E-state index is 13.2. The van der Waals surface area contributed by atoms with Gasteiger partial charge in [0.2, 0.25) is 19.7 Å². The maximum Gasteiger partial charge on any atom is 1.00 e. The van der Waals surface area contributed by atoms with Crippen LogP contribution in [0, 0.1) is 55.4 Å². The summed E-state index contributed by atoms with van der Waals surface area (Å²) in [5.74, 6) is 3.74. The van der Waals surface area contributed by atoms with Gasteiger partial charge in [-0.2, -0.15) is 0 Å². The summed E-state index contributed by atoms with van der Waals surface area (Å²) in [6.45, 7) is 20.8. The number of methoxy groups -OCH3 is 4. The minimum absolute atomic E-state index is 0. The fraction of sp³-hybridized carbons (Fsp3) is 0.324. The van der Waals surface area contributed by atoms with E-state index in [9.17, 15) is 16.8 Å². The molecule has 0 saturated carbocycles. The molecular formula is C71H86BrNaO14S2. The van der Waals surface area contributed by atoms with Crippen molar-refractivity contribution >= 4 is 35.6 Å². The number of sulfone groups is 2. The van der Waals surface area contributed by atoms with Gasteiger partial charge in [-0.1, -0.05) is 47.6 Å². The summed E-state index contributed by atoms with van der Waals surface area (Å²) >= 11 is 3.61. The summed E-state index contributed by atoms with van der Waals surface area (Å²) in [5.41, 5.74) is 16.0. The Kier molecular flexibility index (Phi) is 31.3. The molecule has 8 aromatic rings. The van der Waals surface area contributed by atoms with Crippen LogP contribution >= 0.6 is 15.9 Å². The molecular weight excluding hydrogens is 1240 g/mol. The minimum atomic E-state index is -3.69. The van der Waals surface area contributed by atoms with E-state index in [1.165, 1.54) is 58.2 Å². The SMILES string of the molecule is C.COCCOCCO.COCCOCCOCc1cc(-c2cc(C)c(C)c(C)c2)cc(C)c1Oc1ccc(S(=O)(=O)c2ccc(OC)cc2)cc1.COc1ccc(S(=O)(=O)c2ccc(Oc3c(C)cc(-c4cc(C)c(C)c(C)c4)cc3CBr)cc2)cc1.[H-].[Na+]. The molecule has 0 heterocycles. The summed E-state index contributed by atoms with van der Waals surface area (Å²) < 4.78 is 101. The van der Waals surface area contributed by atoms with E-state index in [4.69, 9.17) is 43.0 Å². The normalized spacial score (nSPS) is 11.0. The van der Waals surface area contributed by atoms with Crippen molar-refractivity contribution in [2.75, 3.05) is 81.3 Å². The van der Waals surface area contributed by atoms with Gasteiger partial charge in [-0.05, 0) is 243 Å². The number of benzene rings is 8. The molecule has 0 atom stereocenters. The summed E-state index contributed by atoms with van der Waals surface area (Å²) in [6, 6.07) is 43.0. The Morgan fingerprint density at radius 3 is 1.02 bits per heavy atom. The first-order valence-corrected chi connectivity index (χ1v) is 32.4. The number of halogens is 1. The smallest absolute Gasteiger partial charge is 1.00 e. The second-order valence-corrected chi connectivity index (χ2v) is 25.1. The molecule has 0 fully saturated rings. The molecule has 0 saturated heterocycles. The molecule has 0 spiro atoms. The maximum atomic E-state index is 13.2. The zero-order valence-corrected chi connectivity index (χ0v) is 58.1. The second kappa shape index (κ2) is 36.8. The van der Waals surface area contributed by atoms with Gasteiger partial charge in [0.1, 0.15) is 34.5 Å².